The number of rotatable bonds is 4. The summed E-state index contributed by atoms with van der Waals surface area (Å²) in [5.41, 5.74) is 3.76. The lowest BCUT2D eigenvalue weighted by Crippen LogP contribution is -2.52. The number of nitrogens with zero attached hydrogens (tertiary/aromatic N) is 3. The maximum atomic E-state index is 11.3. The van der Waals surface area contributed by atoms with Crippen LogP contribution in [0.4, 0.5) is 11.4 Å². The van der Waals surface area contributed by atoms with E-state index in [0.29, 0.717) is 10.2 Å². The number of hydrogen-bond acceptors (Lipinski definition) is 4. The topological polar surface area (TPSA) is 65.3 Å². The van der Waals surface area contributed by atoms with Crippen molar-refractivity contribution in [3.05, 3.63) is 58.6 Å². The number of hydrogen-bond donors (Lipinski definition) is 1. The highest BCUT2D eigenvalue weighted by molar-refractivity contribution is 8.14. The first-order valence-electron chi connectivity index (χ1n) is 10.6. The van der Waals surface area contributed by atoms with Crippen molar-refractivity contribution in [2.45, 2.75) is 51.5 Å². The number of carboxylic acids is 1. The number of aliphatic carboxylic acids is 1. The Morgan fingerprint density at radius 3 is 2.39 bits per heavy atom. The number of amidine groups is 2. The van der Waals surface area contributed by atoms with Gasteiger partial charge in [0.2, 0.25) is 0 Å². The zero-order valence-electron chi connectivity index (χ0n) is 17.8. The van der Waals surface area contributed by atoms with Crippen LogP contribution in [0.25, 0.3) is 0 Å². The first-order valence-corrected chi connectivity index (χ1v) is 11.9. The molecule has 0 atom stereocenters. The fourth-order valence-corrected chi connectivity index (χ4v) is 5.44. The fourth-order valence-electron chi connectivity index (χ4n) is 4.50. The molecule has 1 aliphatic heterocycles. The SMILES string of the molecule is Cc1cccc(C)c1N=C1N=C(SCC(=O)O)N(c2ccc(Cl)cc2)C12CCCCC2. The van der Waals surface area contributed by atoms with Crippen LogP contribution in [0.5, 0.6) is 0 Å². The van der Waals surface area contributed by atoms with Gasteiger partial charge in [-0.1, -0.05) is 60.8 Å². The lowest BCUT2D eigenvalue weighted by molar-refractivity contribution is -0.133. The number of thioether (sulfide) groups is 1. The monoisotopic (exact) mass is 455 g/mol. The molecule has 2 aliphatic rings. The van der Waals surface area contributed by atoms with E-state index in [1.807, 2.05) is 30.3 Å². The molecule has 31 heavy (non-hydrogen) atoms. The zero-order chi connectivity index (χ0) is 22.0. The molecule has 4 rings (SSSR count). The molecule has 1 N–H and O–H groups in total. The third-order valence-corrected chi connectivity index (χ3v) is 7.16. The molecule has 2 aromatic carbocycles. The van der Waals surface area contributed by atoms with Gasteiger partial charge in [-0.05, 0) is 62.1 Å². The first kappa shape index (κ1) is 21.9. The summed E-state index contributed by atoms with van der Waals surface area (Å²) in [6.45, 7) is 4.13. The molecule has 1 heterocycles. The van der Waals surface area contributed by atoms with Crippen molar-refractivity contribution < 1.29 is 9.90 Å². The molecule has 0 amide bonds. The predicted molar refractivity (Wildman–Crippen MR) is 130 cm³/mol. The van der Waals surface area contributed by atoms with Gasteiger partial charge < -0.3 is 10.0 Å². The van der Waals surface area contributed by atoms with E-state index in [-0.39, 0.29) is 11.3 Å². The van der Waals surface area contributed by atoms with Crippen LogP contribution >= 0.6 is 23.4 Å². The van der Waals surface area contributed by atoms with E-state index < -0.39 is 5.97 Å². The molecule has 1 aliphatic carbocycles. The maximum absolute atomic E-state index is 11.3. The smallest absolute Gasteiger partial charge is 0.313 e. The van der Waals surface area contributed by atoms with Gasteiger partial charge in [0, 0.05) is 10.7 Å². The fraction of sp³-hybridized carbons (Fsp3) is 0.375. The number of aryl methyl sites for hydroxylation is 2. The third kappa shape index (κ3) is 4.37. The summed E-state index contributed by atoms with van der Waals surface area (Å²) in [6, 6.07) is 13.9. The van der Waals surface area contributed by atoms with Crippen LogP contribution in [-0.4, -0.2) is 33.4 Å². The van der Waals surface area contributed by atoms with Crippen LogP contribution in [0.1, 0.15) is 43.2 Å². The average molecular weight is 456 g/mol. The van der Waals surface area contributed by atoms with Gasteiger partial charge in [0.15, 0.2) is 11.0 Å². The molecule has 162 valence electrons. The molecule has 0 unspecified atom stereocenters. The number of benzene rings is 2. The van der Waals surface area contributed by atoms with E-state index in [9.17, 15) is 9.90 Å². The van der Waals surface area contributed by atoms with E-state index in [2.05, 4.69) is 30.9 Å². The largest absolute Gasteiger partial charge is 0.481 e. The maximum Gasteiger partial charge on any atom is 0.313 e. The summed E-state index contributed by atoms with van der Waals surface area (Å²) >= 11 is 7.40. The summed E-state index contributed by atoms with van der Waals surface area (Å²) in [4.78, 5) is 23.6. The lowest BCUT2D eigenvalue weighted by Gasteiger charge is -2.42. The summed E-state index contributed by atoms with van der Waals surface area (Å²) < 4.78 is 0. The summed E-state index contributed by atoms with van der Waals surface area (Å²) in [5.74, 6) is -0.121. The summed E-state index contributed by atoms with van der Waals surface area (Å²) in [5, 5.41) is 10.7. The van der Waals surface area contributed by atoms with Crippen LogP contribution in [0.2, 0.25) is 5.02 Å². The average Bonchev–Trinajstić information content (AvgIpc) is 3.03. The number of halogens is 1. The van der Waals surface area contributed by atoms with E-state index in [0.717, 1.165) is 54.0 Å². The Morgan fingerprint density at radius 1 is 1.13 bits per heavy atom. The number of para-hydroxylation sites is 1. The number of anilines is 1. The lowest BCUT2D eigenvalue weighted by atomic mass is 9.79. The van der Waals surface area contributed by atoms with E-state index in [1.54, 1.807) is 0 Å². The molecular weight excluding hydrogens is 430 g/mol. The Hall–Kier alpha value is -2.31. The Morgan fingerprint density at radius 2 is 1.77 bits per heavy atom. The molecule has 2 aromatic rings. The molecule has 5 nitrogen and oxygen atoms in total. The molecule has 0 radical (unpaired) electrons. The highest BCUT2D eigenvalue weighted by Gasteiger charge is 2.50. The minimum atomic E-state index is -0.860. The second-order valence-corrected chi connectivity index (χ2v) is 9.54. The Balaban J connectivity index is 1.87. The van der Waals surface area contributed by atoms with E-state index in [1.165, 1.54) is 18.2 Å². The van der Waals surface area contributed by atoms with Crippen molar-refractivity contribution in [2.24, 2.45) is 9.98 Å². The molecule has 1 fully saturated rings. The van der Waals surface area contributed by atoms with E-state index in [4.69, 9.17) is 21.6 Å². The van der Waals surface area contributed by atoms with Crippen LogP contribution in [0.15, 0.2) is 52.4 Å². The van der Waals surface area contributed by atoms with Crippen molar-refractivity contribution in [3.63, 3.8) is 0 Å². The van der Waals surface area contributed by atoms with Crippen molar-refractivity contribution in [2.75, 3.05) is 10.7 Å². The quantitative estimate of drug-likeness (QED) is 0.580. The molecular formula is C24H26ClN3O2S. The van der Waals surface area contributed by atoms with Crippen LogP contribution in [0.3, 0.4) is 0 Å². The molecule has 1 spiro atoms. The standard InChI is InChI=1S/C24H26ClN3O2S/c1-16-7-6-8-17(2)21(16)26-22-24(13-4-3-5-14-24)28(19-11-9-18(25)10-12-19)23(27-22)31-15-20(29)30/h6-12H,3-5,13-15H2,1-2H3,(H,29,30). The van der Waals surface area contributed by atoms with Crippen molar-refractivity contribution in [1.82, 2.24) is 0 Å². The van der Waals surface area contributed by atoms with Gasteiger partial charge >= 0.3 is 5.97 Å². The summed E-state index contributed by atoms with van der Waals surface area (Å²) in [6.07, 6.45) is 5.22. The highest BCUT2D eigenvalue weighted by atomic mass is 35.5. The number of carbonyl (C=O) groups is 1. The molecule has 0 saturated heterocycles. The van der Waals surface area contributed by atoms with Crippen molar-refractivity contribution in [1.29, 1.82) is 0 Å². The molecule has 0 bridgehead atoms. The Bertz CT molecular complexity index is 1020. The second kappa shape index (κ2) is 9.05. The first-order chi connectivity index (χ1) is 14.9. The van der Waals surface area contributed by atoms with Gasteiger partial charge in [-0.3, -0.25) is 4.79 Å². The normalized spacial score (nSPS) is 19.1. The van der Waals surface area contributed by atoms with Gasteiger partial charge in [0.1, 0.15) is 5.54 Å². The van der Waals surface area contributed by atoms with Crippen molar-refractivity contribution in [3.8, 4) is 0 Å². The predicted octanol–water partition coefficient (Wildman–Crippen LogP) is 6.38. The van der Waals surface area contributed by atoms with Gasteiger partial charge in [-0.15, -0.1) is 0 Å². The Kier molecular flexibility index (Phi) is 6.39. The minimum absolute atomic E-state index is 0.0460. The van der Waals surface area contributed by atoms with Crippen LogP contribution in [-0.2, 0) is 4.79 Å². The zero-order valence-corrected chi connectivity index (χ0v) is 19.3. The number of aliphatic imine (C=N–C) groups is 2. The Labute approximate surface area is 192 Å². The van der Waals surface area contributed by atoms with Gasteiger partial charge in [0.05, 0.1) is 11.4 Å². The van der Waals surface area contributed by atoms with Gasteiger partial charge in [-0.2, -0.15) is 0 Å². The second-order valence-electron chi connectivity index (χ2n) is 8.16. The molecule has 1 saturated carbocycles. The minimum Gasteiger partial charge on any atom is -0.481 e. The molecule has 0 aromatic heterocycles. The highest BCUT2D eigenvalue weighted by Crippen LogP contribution is 2.45. The van der Waals surface area contributed by atoms with Crippen molar-refractivity contribution >= 4 is 51.7 Å². The van der Waals surface area contributed by atoms with Crippen LogP contribution in [0, 0.1) is 13.8 Å². The van der Waals surface area contributed by atoms with Gasteiger partial charge in [0.25, 0.3) is 0 Å². The van der Waals surface area contributed by atoms with E-state index >= 15 is 0 Å². The third-order valence-electron chi connectivity index (χ3n) is 5.98. The molecule has 7 heteroatoms. The summed E-state index contributed by atoms with van der Waals surface area (Å²) in [7, 11) is 0. The van der Waals surface area contributed by atoms with Gasteiger partial charge in [-0.25, -0.2) is 9.98 Å². The number of carboxylic acid groups (broad SMARTS) is 1. The van der Waals surface area contributed by atoms with Crippen LogP contribution < -0.4 is 4.90 Å².